The van der Waals surface area contributed by atoms with E-state index in [-0.39, 0.29) is 12.1 Å². The zero-order valence-electron chi connectivity index (χ0n) is 18.2. The van der Waals surface area contributed by atoms with Crippen LogP contribution in [0, 0.1) is 0 Å². The fourth-order valence-electron chi connectivity index (χ4n) is 4.23. The van der Waals surface area contributed by atoms with E-state index in [1.54, 1.807) is 0 Å². The number of nitrogens with zero attached hydrogens (tertiary/aromatic N) is 1. The second-order valence-corrected chi connectivity index (χ2v) is 8.17. The van der Waals surface area contributed by atoms with Crippen LogP contribution in [0.3, 0.4) is 0 Å². The fourth-order valence-corrected chi connectivity index (χ4v) is 4.23. The van der Waals surface area contributed by atoms with Crippen molar-refractivity contribution in [2.75, 3.05) is 0 Å². The standard InChI is InChI=1S/C28H25NO3/c1-3-18(2)31-28(30)25-26(32-27(29-25)19-11-5-4-6-12-19)24-22-15-9-7-13-20(22)17-21-14-8-10-16-23(21)24/h4-18,25-26H,3H2,1-2H3/t18-,25-,26-/m0/s1. The lowest BCUT2D eigenvalue weighted by Gasteiger charge is -2.22. The maximum absolute atomic E-state index is 13.2. The first-order chi connectivity index (χ1) is 15.7. The predicted molar refractivity (Wildman–Crippen MR) is 128 cm³/mol. The molecule has 1 aliphatic rings. The molecule has 160 valence electrons. The Balaban J connectivity index is 1.68. The average molecular weight is 424 g/mol. The van der Waals surface area contributed by atoms with Crippen LogP contribution in [-0.4, -0.2) is 24.0 Å². The summed E-state index contributed by atoms with van der Waals surface area (Å²) in [5.41, 5.74) is 1.82. The van der Waals surface area contributed by atoms with Crippen molar-refractivity contribution in [1.29, 1.82) is 0 Å². The monoisotopic (exact) mass is 423 g/mol. The van der Waals surface area contributed by atoms with Gasteiger partial charge in [0, 0.05) is 11.1 Å². The first kappa shape index (κ1) is 20.3. The van der Waals surface area contributed by atoms with Gasteiger partial charge in [-0.2, -0.15) is 0 Å². The van der Waals surface area contributed by atoms with E-state index in [1.165, 1.54) is 0 Å². The highest BCUT2D eigenvalue weighted by molar-refractivity contribution is 6.05. The molecule has 0 radical (unpaired) electrons. The zero-order chi connectivity index (χ0) is 22.1. The summed E-state index contributed by atoms with van der Waals surface area (Å²) in [4.78, 5) is 18.0. The van der Waals surface area contributed by atoms with Crippen molar-refractivity contribution in [3.8, 4) is 0 Å². The molecule has 4 aromatic rings. The first-order valence-electron chi connectivity index (χ1n) is 11.1. The van der Waals surface area contributed by atoms with Crippen LogP contribution < -0.4 is 0 Å². The average Bonchev–Trinajstić information content (AvgIpc) is 3.28. The number of hydrogen-bond donors (Lipinski definition) is 0. The lowest BCUT2D eigenvalue weighted by molar-refractivity contribution is -0.151. The maximum atomic E-state index is 13.2. The van der Waals surface area contributed by atoms with Crippen molar-refractivity contribution in [2.45, 2.75) is 38.5 Å². The Kier molecular flexibility index (Phi) is 5.36. The zero-order valence-corrected chi connectivity index (χ0v) is 18.2. The van der Waals surface area contributed by atoms with E-state index in [2.05, 4.69) is 30.3 Å². The summed E-state index contributed by atoms with van der Waals surface area (Å²) in [5, 5.41) is 4.32. The smallest absolute Gasteiger partial charge is 0.335 e. The number of benzene rings is 4. The molecule has 1 aliphatic heterocycles. The lowest BCUT2D eigenvalue weighted by Crippen LogP contribution is -2.29. The van der Waals surface area contributed by atoms with E-state index in [0.717, 1.165) is 39.1 Å². The molecule has 1 heterocycles. The molecular formula is C28H25NO3. The van der Waals surface area contributed by atoms with Gasteiger partial charge in [0.25, 0.3) is 0 Å². The molecule has 0 saturated carbocycles. The molecular weight excluding hydrogens is 398 g/mol. The van der Waals surface area contributed by atoms with Gasteiger partial charge in [0.1, 0.15) is 0 Å². The summed E-state index contributed by atoms with van der Waals surface area (Å²) >= 11 is 0. The first-order valence-corrected chi connectivity index (χ1v) is 11.1. The normalized spacial score (nSPS) is 18.9. The molecule has 5 rings (SSSR count). The third-order valence-electron chi connectivity index (χ3n) is 6.03. The minimum atomic E-state index is -0.770. The molecule has 0 aliphatic carbocycles. The van der Waals surface area contributed by atoms with Gasteiger partial charge in [0.2, 0.25) is 5.90 Å². The lowest BCUT2D eigenvalue weighted by atomic mass is 9.91. The minimum Gasteiger partial charge on any atom is -0.466 e. The van der Waals surface area contributed by atoms with Crippen molar-refractivity contribution in [3.05, 3.63) is 96.1 Å². The molecule has 0 aromatic heterocycles. The summed E-state index contributed by atoms with van der Waals surface area (Å²) < 4.78 is 12.2. The van der Waals surface area contributed by atoms with E-state index in [1.807, 2.05) is 68.4 Å². The van der Waals surface area contributed by atoms with Crippen LogP contribution in [0.2, 0.25) is 0 Å². The predicted octanol–water partition coefficient (Wildman–Crippen LogP) is 6.22. The van der Waals surface area contributed by atoms with Crippen molar-refractivity contribution in [3.63, 3.8) is 0 Å². The highest BCUT2D eigenvalue weighted by Gasteiger charge is 2.41. The topological polar surface area (TPSA) is 47.9 Å². The molecule has 4 heteroatoms. The van der Waals surface area contributed by atoms with Crippen LogP contribution >= 0.6 is 0 Å². The molecule has 0 bridgehead atoms. The van der Waals surface area contributed by atoms with Crippen LogP contribution in [-0.2, 0) is 14.3 Å². The van der Waals surface area contributed by atoms with Gasteiger partial charge in [-0.3, -0.25) is 0 Å². The molecule has 0 N–H and O–H groups in total. The van der Waals surface area contributed by atoms with Gasteiger partial charge in [-0.1, -0.05) is 73.7 Å². The highest BCUT2D eigenvalue weighted by Crippen LogP contribution is 2.40. The summed E-state index contributed by atoms with van der Waals surface area (Å²) in [6, 6.07) is 27.5. The third kappa shape index (κ3) is 3.62. The molecule has 0 saturated heterocycles. The Hall–Kier alpha value is -3.66. The molecule has 4 aromatic carbocycles. The molecule has 3 atom stereocenters. The fraction of sp³-hybridized carbons (Fsp3) is 0.214. The van der Waals surface area contributed by atoms with E-state index in [4.69, 9.17) is 14.5 Å². The van der Waals surface area contributed by atoms with Gasteiger partial charge in [-0.05, 0) is 53.1 Å². The Morgan fingerprint density at radius 3 is 2.16 bits per heavy atom. The van der Waals surface area contributed by atoms with Gasteiger partial charge in [0.15, 0.2) is 12.1 Å². The Morgan fingerprint density at radius 2 is 1.53 bits per heavy atom. The SMILES string of the molecule is CC[C@H](C)OC(=O)[C@H]1N=C(c2ccccc2)O[C@H]1c1c2ccccc2cc2ccccc12. The number of aliphatic imine (C=N–C) groups is 1. The molecule has 0 spiro atoms. The molecule has 32 heavy (non-hydrogen) atoms. The number of carbonyl (C=O) groups is 1. The third-order valence-corrected chi connectivity index (χ3v) is 6.03. The van der Waals surface area contributed by atoms with Gasteiger partial charge >= 0.3 is 5.97 Å². The van der Waals surface area contributed by atoms with Crippen molar-refractivity contribution >= 4 is 33.4 Å². The number of fused-ring (bicyclic) bond motifs is 2. The maximum Gasteiger partial charge on any atom is 0.335 e. The van der Waals surface area contributed by atoms with Crippen molar-refractivity contribution in [1.82, 2.24) is 0 Å². The van der Waals surface area contributed by atoms with Crippen LogP contribution in [0.4, 0.5) is 0 Å². The van der Waals surface area contributed by atoms with Crippen molar-refractivity contribution in [2.24, 2.45) is 4.99 Å². The number of rotatable bonds is 5. The van der Waals surface area contributed by atoms with Gasteiger partial charge in [-0.25, -0.2) is 9.79 Å². The van der Waals surface area contributed by atoms with E-state index < -0.39 is 12.1 Å². The minimum absolute atomic E-state index is 0.177. The number of esters is 1. The Bertz CT molecular complexity index is 1260. The number of hydrogen-bond acceptors (Lipinski definition) is 4. The summed E-state index contributed by atoms with van der Waals surface area (Å²) in [6.07, 6.45) is -0.00247. The second kappa shape index (κ2) is 8.46. The van der Waals surface area contributed by atoms with Crippen molar-refractivity contribution < 1.29 is 14.3 Å². The quantitative estimate of drug-likeness (QED) is 0.283. The van der Waals surface area contributed by atoms with Crippen LogP contribution in [0.1, 0.15) is 37.5 Å². The molecule has 0 fully saturated rings. The summed E-state index contributed by atoms with van der Waals surface area (Å²) in [6.45, 7) is 3.90. The Labute approximate surface area is 187 Å². The summed E-state index contributed by atoms with van der Waals surface area (Å²) in [7, 11) is 0. The molecule has 0 unspecified atom stereocenters. The van der Waals surface area contributed by atoms with Crippen LogP contribution in [0.25, 0.3) is 21.5 Å². The van der Waals surface area contributed by atoms with E-state index in [9.17, 15) is 4.79 Å². The van der Waals surface area contributed by atoms with Gasteiger partial charge in [0.05, 0.1) is 6.10 Å². The summed E-state index contributed by atoms with van der Waals surface area (Å²) in [5.74, 6) is 0.117. The molecule has 0 amide bonds. The molecule has 4 nitrogen and oxygen atoms in total. The highest BCUT2D eigenvalue weighted by atomic mass is 16.6. The van der Waals surface area contributed by atoms with E-state index in [0.29, 0.717) is 5.90 Å². The van der Waals surface area contributed by atoms with Crippen LogP contribution in [0.15, 0.2) is 89.9 Å². The largest absolute Gasteiger partial charge is 0.466 e. The Morgan fingerprint density at radius 1 is 0.938 bits per heavy atom. The second-order valence-electron chi connectivity index (χ2n) is 8.17. The van der Waals surface area contributed by atoms with Gasteiger partial charge in [-0.15, -0.1) is 0 Å². The number of carbonyl (C=O) groups excluding carboxylic acids is 1. The number of ether oxygens (including phenoxy) is 2. The van der Waals surface area contributed by atoms with Crippen LogP contribution in [0.5, 0.6) is 0 Å². The van der Waals surface area contributed by atoms with E-state index >= 15 is 0 Å². The van der Waals surface area contributed by atoms with Gasteiger partial charge < -0.3 is 9.47 Å².